The van der Waals surface area contributed by atoms with E-state index in [4.69, 9.17) is 5.73 Å². The summed E-state index contributed by atoms with van der Waals surface area (Å²) >= 11 is 1.54. The van der Waals surface area contributed by atoms with Crippen LogP contribution >= 0.6 is 11.3 Å². The van der Waals surface area contributed by atoms with Gasteiger partial charge in [0, 0.05) is 28.0 Å². The molecule has 4 rings (SSSR count). The number of nitrogens with two attached hydrogens (primary N) is 1. The predicted molar refractivity (Wildman–Crippen MR) is 111 cm³/mol. The van der Waals surface area contributed by atoms with Crippen LogP contribution in [0.1, 0.15) is 0 Å². The van der Waals surface area contributed by atoms with Crippen LogP contribution in [0.5, 0.6) is 0 Å². The number of anilines is 5. The fourth-order valence-corrected chi connectivity index (χ4v) is 3.10. The summed E-state index contributed by atoms with van der Waals surface area (Å²) in [4.78, 5) is 4.16. The molecule has 6 nitrogen and oxygen atoms in total. The maximum absolute atomic E-state index is 6.05. The van der Waals surface area contributed by atoms with Gasteiger partial charge in [0.25, 0.3) is 0 Å². The molecular weight excluding hydrogens is 344 g/mol. The third-order valence-corrected chi connectivity index (χ3v) is 4.62. The topological polar surface area (TPSA) is 87.0 Å². The molecule has 0 radical (unpaired) electrons. The molecule has 0 bridgehead atoms. The summed E-state index contributed by atoms with van der Waals surface area (Å²) in [6.45, 7) is 0. The third-order valence-electron chi connectivity index (χ3n) is 3.93. The van der Waals surface area contributed by atoms with Gasteiger partial charge >= 0.3 is 0 Å². The molecule has 0 fully saturated rings. The molecule has 7 heteroatoms. The quantitative estimate of drug-likeness (QED) is 0.251. The Labute approximate surface area is 155 Å². The lowest BCUT2D eigenvalue weighted by Gasteiger charge is -2.14. The highest BCUT2D eigenvalue weighted by Crippen LogP contribution is 2.28. The summed E-state index contributed by atoms with van der Waals surface area (Å²) in [6, 6.07) is 19.9. The minimum atomic E-state index is 0.773. The molecule has 4 aromatic rings. The molecule has 26 heavy (non-hydrogen) atoms. The number of rotatable bonds is 6. The summed E-state index contributed by atoms with van der Waals surface area (Å²) < 4.78 is 0. The second kappa shape index (κ2) is 7.20. The molecule has 0 saturated heterocycles. The van der Waals surface area contributed by atoms with Crippen molar-refractivity contribution >= 4 is 50.0 Å². The van der Waals surface area contributed by atoms with Crippen molar-refractivity contribution < 1.29 is 0 Å². The van der Waals surface area contributed by atoms with Crippen LogP contribution in [-0.4, -0.2) is 4.98 Å². The van der Waals surface area contributed by atoms with E-state index in [0.29, 0.717) is 0 Å². The average molecular weight is 362 g/mol. The SMILES string of the molecule is Nc1ccc(NNc2ccc(NNc3nccs3)cc2)c2ccccc12. The van der Waals surface area contributed by atoms with Crippen LogP contribution in [0.2, 0.25) is 0 Å². The monoisotopic (exact) mass is 362 g/mol. The largest absolute Gasteiger partial charge is 0.398 e. The van der Waals surface area contributed by atoms with E-state index in [2.05, 4.69) is 26.7 Å². The minimum absolute atomic E-state index is 0.773. The Balaban J connectivity index is 1.41. The molecule has 1 heterocycles. The van der Waals surface area contributed by atoms with E-state index in [-0.39, 0.29) is 0 Å². The molecule has 0 aliphatic rings. The lowest BCUT2D eigenvalue weighted by Crippen LogP contribution is -2.10. The van der Waals surface area contributed by atoms with Crippen molar-refractivity contribution in [1.29, 1.82) is 0 Å². The number of hydrazine groups is 2. The maximum Gasteiger partial charge on any atom is 0.201 e. The van der Waals surface area contributed by atoms with E-state index in [1.54, 1.807) is 6.20 Å². The van der Waals surface area contributed by atoms with Crippen molar-refractivity contribution in [2.45, 2.75) is 0 Å². The van der Waals surface area contributed by atoms with Gasteiger partial charge in [0.2, 0.25) is 5.13 Å². The highest BCUT2D eigenvalue weighted by atomic mass is 32.1. The highest BCUT2D eigenvalue weighted by molar-refractivity contribution is 7.13. The molecular formula is C19H18N6S. The Hall–Kier alpha value is -3.45. The second-order valence-corrected chi connectivity index (χ2v) is 6.56. The fourth-order valence-electron chi connectivity index (χ4n) is 2.62. The summed E-state index contributed by atoms with van der Waals surface area (Å²) in [5, 5.41) is 4.85. The molecule has 0 amide bonds. The number of nitrogens with one attached hydrogen (secondary N) is 4. The standard InChI is InChI=1S/C19H18N6S/c20-17-9-10-18(16-4-2-1-3-15(16)17)24-22-13-5-7-14(8-6-13)23-25-19-21-11-12-26-19/h1-12,22-24H,20H2,(H,21,25). The summed E-state index contributed by atoms with van der Waals surface area (Å²) in [5.41, 5.74) is 22.3. The van der Waals surface area contributed by atoms with Crippen molar-refractivity contribution in [2.24, 2.45) is 0 Å². The van der Waals surface area contributed by atoms with Gasteiger partial charge in [-0.1, -0.05) is 24.3 Å². The Bertz CT molecular complexity index is 998. The third kappa shape index (κ3) is 3.47. The number of fused-ring (bicyclic) bond motifs is 1. The number of nitrogen functional groups attached to an aromatic ring is 1. The van der Waals surface area contributed by atoms with Gasteiger partial charge in [0.05, 0.1) is 17.1 Å². The average Bonchev–Trinajstić information content (AvgIpc) is 3.21. The molecule has 0 aliphatic carbocycles. The smallest absolute Gasteiger partial charge is 0.201 e. The van der Waals surface area contributed by atoms with Crippen LogP contribution in [0, 0.1) is 0 Å². The molecule has 0 atom stereocenters. The van der Waals surface area contributed by atoms with E-state index in [0.717, 1.165) is 38.7 Å². The number of aromatic nitrogens is 1. The van der Waals surface area contributed by atoms with E-state index in [9.17, 15) is 0 Å². The fraction of sp³-hybridized carbons (Fsp3) is 0. The Morgan fingerprint density at radius 2 is 1.42 bits per heavy atom. The van der Waals surface area contributed by atoms with Crippen LogP contribution in [-0.2, 0) is 0 Å². The minimum Gasteiger partial charge on any atom is -0.398 e. The number of hydrogen-bond donors (Lipinski definition) is 5. The van der Waals surface area contributed by atoms with Crippen molar-refractivity contribution in [1.82, 2.24) is 4.98 Å². The lowest BCUT2D eigenvalue weighted by atomic mass is 10.1. The summed E-state index contributed by atoms with van der Waals surface area (Å²) in [5.74, 6) is 0. The van der Waals surface area contributed by atoms with Gasteiger partial charge in [0.1, 0.15) is 0 Å². The van der Waals surface area contributed by atoms with Gasteiger partial charge < -0.3 is 16.6 Å². The first-order valence-electron chi connectivity index (χ1n) is 8.10. The molecule has 0 unspecified atom stereocenters. The van der Waals surface area contributed by atoms with Crippen molar-refractivity contribution in [3.63, 3.8) is 0 Å². The molecule has 6 N–H and O–H groups in total. The second-order valence-electron chi connectivity index (χ2n) is 5.66. The zero-order chi connectivity index (χ0) is 17.8. The first kappa shape index (κ1) is 16.0. The van der Waals surface area contributed by atoms with Gasteiger partial charge in [-0.3, -0.25) is 10.9 Å². The Morgan fingerprint density at radius 3 is 2.12 bits per heavy atom. The maximum atomic E-state index is 6.05. The number of nitrogens with zero attached hydrogens (tertiary/aromatic N) is 1. The van der Waals surface area contributed by atoms with Crippen LogP contribution in [0.25, 0.3) is 10.8 Å². The van der Waals surface area contributed by atoms with E-state index >= 15 is 0 Å². The van der Waals surface area contributed by atoms with Gasteiger partial charge in [-0.25, -0.2) is 4.98 Å². The van der Waals surface area contributed by atoms with Crippen molar-refractivity contribution in [3.05, 3.63) is 72.2 Å². The molecule has 0 saturated carbocycles. The molecule has 0 aliphatic heterocycles. The first-order chi connectivity index (χ1) is 12.8. The number of thiazole rings is 1. The van der Waals surface area contributed by atoms with Gasteiger partial charge in [-0.15, -0.1) is 11.3 Å². The highest BCUT2D eigenvalue weighted by Gasteiger charge is 2.03. The Kier molecular flexibility index (Phi) is 4.44. The Morgan fingerprint density at radius 1 is 0.731 bits per heavy atom. The van der Waals surface area contributed by atoms with Crippen LogP contribution in [0.4, 0.5) is 27.9 Å². The van der Waals surface area contributed by atoms with Crippen LogP contribution < -0.4 is 27.4 Å². The van der Waals surface area contributed by atoms with Gasteiger partial charge in [0.15, 0.2) is 0 Å². The molecule has 0 spiro atoms. The zero-order valence-corrected chi connectivity index (χ0v) is 14.7. The van der Waals surface area contributed by atoms with Crippen molar-refractivity contribution in [3.8, 4) is 0 Å². The summed E-state index contributed by atoms with van der Waals surface area (Å²) in [7, 11) is 0. The molecule has 3 aromatic carbocycles. The molecule has 1 aromatic heterocycles. The zero-order valence-electron chi connectivity index (χ0n) is 13.9. The van der Waals surface area contributed by atoms with Crippen molar-refractivity contribution in [2.75, 3.05) is 27.4 Å². The van der Waals surface area contributed by atoms with Gasteiger partial charge in [-0.05, 0) is 36.4 Å². The predicted octanol–water partition coefficient (Wildman–Crippen LogP) is 4.76. The number of hydrogen-bond acceptors (Lipinski definition) is 7. The number of benzene rings is 3. The normalized spacial score (nSPS) is 10.5. The summed E-state index contributed by atoms with van der Waals surface area (Å²) in [6.07, 6.45) is 1.76. The van der Waals surface area contributed by atoms with Crippen LogP contribution in [0.3, 0.4) is 0 Å². The van der Waals surface area contributed by atoms with E-state index < -0.39 is 0 Å². The molecule has 130 valence electrons. The first-order valence-corrected chi connectivity index (χ1v) is 8.98. The van der Waals surface area contributed by atoms with Gasteiger partial charge in [-0.2, -0.15) is 0 Å². The lowest BCUT2D eigenvalue weighted by molar-refractivity contribution is 1.33. The van der Waals surface area contributed by atoms with Crippen LogP contribution in [0.15, 0.2) is 72.2 Å². The van der Waals surface area contributed by atoms with E-state index in [1.165, 1.54) is 11.3 Å². The van der Waals surface area contributed by atoms with E-state index in [1.807, 2.05) is 66.0 Å².